The van der Waals surface area contributed by atoms with Gasteiger partial charge in [-0.15, -0.1) is 0 Å². The Hall–Kier alpha value is -1.11. The minimum absolute atomic E-state index is 0.141. The molecule has 25 heavy (non-hydrogen) atoms. The van der Waals surface area contributed by atoms with Crippen LogP contribution in [0.5, 0.6) is 5.75 Å². The number of sulfonamides is 1. The van der Waals surface area contributed by atoms with Gasteiger partial charge in [-0.2, -0.15) is 4.31 Å². The van der Waals surface area contributed by atoms with Crippen LogP contribution in [0.1, 0.15) is 38.2 Å². The number of benzene rings is 1. The van der Waals surface area contributed by atoms with E-state index in [2.05, 4.69) is 17.0 Å². The van der Waals surface area contributed by atoms with Crippen LogP contribution in [0.4, 0.5) is 0 Å². The van der Waals surface area contributed by atoms with Gasteiger partial charge in [0.25, 0.3) is 0 Å². The van der Waals surface area contributed by atoms with Gasteiger partial charge < -0.3 is 4.74 Å². The average Bonchev–Trinajstić information content (AvgIpc) is 3.06. The third-order valence-corrected chi connectivity index (χ3v) is 8.65. The smallest absolute Gasteiger partial charge is 0.216 e. The summed E-state index contributed by atoms with van der Waals surface area (Å²) in [5.41, 5.74) is 1.23. The van der Waals surface area contributed by atoms with Gasteiger partial charge in [0.05, 0.1) is 12.4 Å². The zero-order valence-corrected chi connectivity index (χ0v) is 16.1. The molecule has 0 saturated carbocycles. The van der Waals surface area contributed by atoms with Gasteiger partial charge in [-0.1, -0.05) is 12.1 Å². The van der Waals surface area contributed by atoms with E-state index < -0.39 is 10.0 Å². The highest BCUT2D eigenvalue weighted by molar-refractivity contribution is 7.89. The fourth-order valence-corrected chi connectivity index (χ4v) is 6.62. The van der Waals surface area contributed by atoms with Crippen molar-refractivity contribution in [2.24, 2.45) is 5.92 Å². The van der Waals surface area contributed by atoms with Crippen molar-refractivity contribution in [2.75, 3.05) is 26.7 Å². The van der Waals surface area contributed by atoms with Crippen LogP contribution in [0.2, 0.25) is 0 Å². The second-order valence-electron chi connectivity index (χ2n) is 7.90. The van der Waals surface area contributed by atoms with Crippen molar-refractivity contribution in [1.82, 2.24) is 9.21 Å². The summed E-state index contributed by atoms with van der Waals surface area (Å²) in [5, 5.41) is -0.363. The molecule has 3 atom stereocenters. The maximum absolute atomic E-state index is 13.0. The molecule has 4 heterocycles. The van der Waals surface area contributed by atoms with Crippen LogP contribution in [0.15, 0.2) is 24.3 Å². The summed E-state index contributed by atoms with van der Waals surface area (Å²) < 4.78 is 33.2. The lowest BCUT2D eigenvalue weighted by atomic mass is 9.75. The molecule has 0 unspecified atom stereocenters. The number of ether oxygens (including phenoxy) is 1. The molecule has 5 rings (SSSR count). The zero-order valence-electron chi connectivity index (χ0n) is 15.3. The first-order chi connectivity index (χ1) is 11.9. The van der Waals surface area contributed by atoms with E-state index in [9.17, 15) is 8.42 Å². The summed E-state index contributed by atoms with van der Waals surface area (Å²) in [5.74, 6) is 1.59. The SMILES string of the molecule is COc1ccc([C@@H]2CN(S(=O)(=O)C(C)C)[C@@H]3C4CCN(CC4)[C@@H]32)cc1. The Balaban J connectivity index is 1.73. The molecule has 2 bridgehead atoms. The molecule has 6 heteroatoms. The summed E-state index contributed by atoms with van der Waals surface area (Å²) in [6.07, 6.45) is 2.25. The van der Waals surface area contributed by atoms with Crippen LogP contribution in [0, 0.1) is 5.92 Å². The van der Waals surface area contributed by atoms with E-state index in [0.29, 0.717) is 18.5 Å². The van der Waals surface area contributed by atoms with Crippen molar-refractivity contribution in [3.05, 3.63) is 29.8 Å². The van der Waals surface area contributed by atoms with Crippen LogP contribution in [0.3, 0.4) is 0 Å². The molecule has 0 amide bonds. The average molecular weight is 365 g/mol. The standard InChI is InChI=1S/C19H28N2O3S/c1-13(2)25(22,23)21-12-17(14-4-6-16(24-3)7-5-14)19-18(21)15-8-10-20(19)11-9-15/h4-7,13,15,17-19H,8-12H2,1-3H3/t17-,18+,19+/m0/s1. The molecule has 0 radical (unpaired) electrons. The molecule has 0 N–H and O–H groups in total. The normalized spacial score (nSPS) is 35.1. The van der Waals surface area contributed by atoms with Crippen molar-refractivity contribution >= 4 is 10.0 Å². The molecule has 0 aromatic heterocycles. The number of piperidine rings is 3. The summed E-state index contributed by atoms with van der Waals surface area (Å²) >= 11 is 0. The van der Waals surface area contributed by atoms with Crippen LogP contribution >= 0.6 is 0 Å². The fraction of sp³-hybridized carbons (Fsp3) is 0.684. The molecular weight excluding hydrogens is 336 g/mol. The van der Waals surface area contributed by atoms with E-state index in [1.807, 2.05) is 16.4 Å². The quantitative estimate of drug-likeness (QED) is 0.823. The first kappa shape index (κ1) is 17.3. The number of methoxy groups -OCH3 is 1. The van der Waals surface area contributed by atoms with Gasteiger partial charge >= 0.3 is 0 Å². The summed E-state index contributed by atoms with van der Waals surface area (Å²) in [6, 6.07) is 8.64. The van der Waals surface area contributed by atoms with Crippen LogP contribution in [0.25, 0.3) is 0 Å². The largest absolute Gasteiger partial charge is 0.497 e. The van der Waals surface area contributed by atoms with Crippen LogP contribution < -0.4 is 4.74 Å². The van der Waals surface area contributed by atoms with E-state index in [1.54, 1.807) is 21.0 Å². The van der Waals surface area contributed by atoms with Gasteiger partial charge in [0, 0.05) is 24.5 Å². The maximum atomic E-state index is 13.0. The van der Waals surface area contributed by atoms with Crippen molar-refractivity contribution < 1.29 is 13.2 Å². The molecule has 5 nitrogen and oxygen atoms in total. The predicted octanol–water partition coefficient (Wildman–Crippen LogP) is 2.30. The van der Waals surface area contributed by atoms with Gasteiger partial charge in [0.2, 0.25) is 10.0 Å². The lowest BCUT2D eigenvalue weighted by Gasteiger charge is -2.51. The highest BCUT2D eigenvalue weighted by Crippen LogP contribution is 2.48. The van der Waals surface area contributed by atoms with E-state index in [4.69, 9.17) is 4.74 Å². The Morgan fingerprint density at radius 3 is 2.28 bits per heavy atom. The summed E-state index contributed by atoms with van der Waals surface area (Å²) in [6.45, 7) is 6.41. The lowest BCUT2D eigenvalue weighted by Crippen LogP contribution is -2.61. The minimum atomic E-state index is -3.24. The number of nitrogens with zero attached hydrogens (tertiary/aromatic N) is 2. The summed E-state index contributed by atoms with van der Waals surface area (Å²) in [4.78, 5) is 2.54. The molecule has 4 fully saturated rings. The van der Waals surface area contributed by atoms with E-state index in [1.165, 1.54) is 5.56 Å². The van der Waals surface area contributed by atoms with Crippen molar-refractivity contribution in [3.8, 4) is 5.75 Å². The molecule has 138 valence electrons. The number of hydrogen-bond acceptors (Lipinski definition) is 4. The first-order valence-electron chi connectivity index (χ1n) is 9.32. The Labute approximate surface area is 151 Å². The Morgan fingerprint density at radius 1 is 1.08 bits per heavy atom. The van der Waals surface area contributed by atoms with Gasteiger partial charge in [-0.25, -0.2) is 8.42 Å². The van der Waals surface area contributed by atoms with Gasteiger partial charge in [-0.05, 0) is 63.4 Å². The lowest BCUT2D eigenvalue weighted by molar-refractivity contribution is 0.0121. The summed E-state index contributed by atoms with van der Waals surface area (Å²) in [7, 11) is -1.57. The number of fused-ring (bicyclic) bond motifs is 2. The van der Waals surface area contributed by atoms with E-state index in [-0.39, 0.29) is 17.2 Å². The number of rotatable bonds is 4. The predicted molar refractivity (Wildman–Crippen MR) is 98.4 cm³/mol. The van der Waals surface area contributed by atoms with Crippen molar-refractivity contribution in [3.63, 3.8) is 0 Å². The Kier molecular flexibility index (Phi) is 4.33. The fourth-order valence-electron chi connectivity index (χ4n) is 5.07. The van der Waals surface area contributed by atoms with Crippen LogP contribution in [-0.2, 0) is 10.0 Å². The van der Waals surface area contributed by atoms with Gasteiger partial charge in [-0.3, -0.25) is 4.90 Å². The van der Waals surface area contributed by atoms with E-state index >= 15 is 0 Å². The highest BCUT2D eigenvalue weighted by Gasteiger charge is 2.56. The third-order valence-electron chi connectivity index (χ3n) is 6.42. The molecular formula is C19H28N2O3S. The van der Waals surface area contributed by atoms with Crippen LogP contribution in [-0.4, -0.2) is 61.7 Å². The Morgan fingerprint density at radius 2 is 1.72 bits per heavy atom. The topological polar surface area (TPSA) is 49.9 Å². The molecule has 4 saturated heterocycles. The highest BCUT2D eigenvalue weighted by atomic mass is 32.2. The molecule has 4 aliphatic rings. The van der Waals surface area contributed by atoms with Crippen molar-refractivity contribution in [2.45, 2.75) is 49.9 Å². The monoisotopic (exact) mass is 364 g/mol. The molecule has 0 spiro atoms. The third kappa shape index (κ3) is 2.69. The molecule has 4 aliphatic heterocycles. The second kappa shape index (κ2) is 6.25. The molecule has 1 aromatic rings. The first-order valence-corrected chi connectivity index (χ1v) is 10.8. The molecule has 1 aromatic carbocycles. The zero-order chi connectivity index (χ0) is 17.8. The minimum Gasteiger partial charge on any atom is -0.497 e. The van der Waals surface area contributed by atoms with Gasteiger partial charge in [0.1, 0.15) is 5.75 Å². The van der Waals surface area contributed by atoms with Gasteiger partial charge in [0.15, 0.2) is 0 Å². The number of hydrogen-bond donors (Lipinski definition) is 0. The van der Waals surface area contributed by atoms with Crippen molar-refractivity contribution in [1.29, 1.82) is 0 Å². The Bertz CT molecular complexity index is 724. The van der Waals surface area contributed by atoms with E-state index in [0.717, 1.165) is 31.7 Å². The maximum Gasteiger partial charge on any atom is 0.216 e. The second-order valence-corrected chi connectivity index (χ2v) is 10.3. The molecule has 0 aliphatic carbocycles.